The number of carbonyl (C=O) groups excluding carboxylic acids is 1. The van der Waals surface area contributed by atoms with Gasteiger partial charge in [-0.05, 0) is 30.3 Å². The second kappa shape index (κ2) is 7.56. The molecule has 0 aliphatic carbocycles. The molecule has 2 heterocycles. The summed E-state index contributed by atoms with van der Waals surface area (Å²) in [6.45, 7) is 0.344. The van der Waals surface area contributed by atoms with Gasteiger partial charge in [0.25, 0.3) is 0 Å². The van der Waals surface area contributed by atoms with Gasteiger partial charge >= 0.3 is 0 Å². The van der Waals surface area contributed by atoms with Crippen LogP contribution in [0.2, 0.25) is 0 Å². The van der Waals surface area contributed by atoms with Gasteiger partial charge in [0, 0.05) is 23.6 Å². The Labute approximate surface area is 167 Å². The van der Waals surface area contributed by atoms with Gasteiger partial charge in [-0.25, -0.2) is 4.39 Å². The average Bonchev–Trinajstić information content (AvgIpc) is 2.74. The number of amides is 1. The van der Waals surface area contributed by atoms with Crippen molar-refractivity contribution in [3.05, 3.63) is 70.5 Å². The van der Waals surface area contributed by atoms with E-state index >= 15 is 0 Å². The first kappa shape index (κ1) is 18.4. The highest BCUT2D eigenvalue weighted by molar-refractivity contribution is 8.03. The quantitative estimate of drug-likeness (QED) is 0.785. The molecule has 0 unspecified atom stereocenters. The molecule has 0 radical (unpaired) electrons. The second-order valence-electron chi connectivity index (χ2n) is 6.58. The summed E-state index contributed by atoms with van der Waals surface area (Å²) in [4.78, 5) is 16.6. The van der Waals surface area contributed by atoms with Gasteiger partial charge in [0.15, 0.2) is 0 Å². The molecule has 142 valence electrons. The number of ether oxygens (including phenoxy) is 1. The predicted molar refractivity (Wildman–Crippen MR) is 106 cm³/mol. The largest absolute Gasteiger partial charge is 0.496 e. The van der Waals surface area contributed by atoms with Gasteiger partial charge in [-0.2, -0.15) is 5.26 Å². The van der Waals surface area contributed by atoms with E-state index in [-0.39, 0.29) is 24.1 Å². The van der Waals surface area contributed by atoms with E-state index in [2.05, 4.69) is 6.07 Å². The Morgan fingerprint density at radius 3 is 2.68 bits per heavy atom. The summed E-state index contributed by atoms with van der Waals surface area (Å²) in [6, 6.07) is 16.0. The van der Waals surface area contributed by atoms with Crippen LogP contribution in [0.5, 0.6) is 5.75 Å². The van der Waals surface area contributed by atoms with E-state index in [1.54, 1.807) is 24.1 Å². The van der Waals surface area contributed by atoms with Gasteiger partial charge < -0.3 is 9.64 Å². The molecule has 28 heavy (non-hydrogen) atoms. The number of methoxy groups -OCH3 is 1. The van der Waals surface area contributed by atoms with E-state index in [0.717, 1.165) is 11.3 Å². The highest BCUT2D eigenvalue weighted by Gasteiger charge is 2.39. The summed E-state index contributed by atoms with van der Waals surface area (Å²) < 4.78 is 18.7. The minimum Gasteiger partial charge on any atom is -0.496 e. The Hall–Kier alpha value is -2.98. The molecule has 0 bridgehead atoms. The van der Waals surface area contributed by atoms with Crippen molar-refractivity contribution in [3.63, 3.8) is 0 Å². The van der Waals surface area contributed by atoms with E-state index in [1.807, 2.05) is 29.2 Å². The van der Waals surface area contributed by atoms with Crippen LogP contribution in [0.15, 0.2) is 59.1 Å². The number of halogens is 1. The number of nitrogens with zero attached hydrogens (tertiary/aromatic N) is 3. The van der Waals surface area contributed by atoms with Crippen LogP contribution >= 0.6 is 11.8 Å². The predicted octanol–water partition coefficient (Wildman–Crippen LogP) is 4.05. The van der Waals surface area contributed by atoms with Gasteiger partial charge in [-0.15, -0.1) is 0 Å². The summed E-state index contributed by atoms with van der Waals surface area (Å²) >= 11 is 1.46. The molecule has 0 aromatic heterocycles. The average molecular weight is 395 g/mol. The lowest BCUT2D eigenvalue weighted by molar-refractivity contribution is -0.129. The van der Waals surface area contributed by atoms with Crippen LogP contribution in [0, 0.1) is 17.1 Å². The van der Waals surface area contributed by atoms with Crippen LogP contribution in [0.3, 0.4) is 0 Å². The van der Waals surface area contributed by atoms with E-state index in [0.29, 0.717) is 28.9 Å². The molecule has 2 aromatic carbocycles. The zero-order valence-electron chi connectivity index (χ0n) is 15.3. The van der Waals surface area contributed by atoms with Crippen molar-refractivity contribution in [3.8, 4) is 11.8 Å². The van der Waals surface area contributed by atoms with E-state index in [9.17, 15) is 14.4 Å². The van der Waals surface area contributed by atoms with Gasteiger partial charge in [0.2, 0.25) is 5.91 Å². The summed E-state index contributed by atoms with van der Waals surface area (Å²) in [5.74, 6) is 0.605. The number of allylic oxidation sites excluding steroid dienone is 1. The number of fused-ring (bicyclic) bond motifs is 1. The molecule has 1 amide bonds. The first-order valence-corrected chi connectivity index (χ1v) is 9.81. The molecular weight excluding hydrogens is 377 g/mol. The third-order valence-corrected chi connectivity index (χ3v) is 6.15. The fourth-order valence-corrected chi connectivity index (χ4v) is 4.77. The lowest BCUT2D eigenvalue weighted by atomic mass is 9.86. The number of rotatable bonds is 3. The van der Waals surface area contributed by atoms with Crippen molar-refractivity contribution in [2.45, 2.75) is 12.3 Å². The Morgan fingerprint density at radius 1 is 1.21 bits per heavy atom. The maximum atomic E-state index is 13.2. The summed E-state index contributed by atoms with van der Waals surface area (Å²) in [5, 5.41) is 10.6. The Bertz CT molecular complexity index is 984. The van der Waals surface area contributed by atoms with Crippen molar-refractivity contribution in [1.82, 2.24) is 4.90 Å². The maximum absolute atomic E-state index is 13.2. The number of anilines is 1. The SMILES string of the molecule is COc1ccccc1[C@@H]1CC(=O)N2CN(c3ccc(F)cc3)CSC2=C1C#N. The Morgan fingerprint density at radius 2 is 1.96 bits per heavy atom. The van der Waals surface area contributed by atoms with Crippen LogP contribution in [0.4, 0.5) is 10.1 Å². The van der Waals surface area contributed by atoms with Crippen molar-refractivity contribution in [2.24, 2.45) is 0 Å². The van der Waals surface area contributed by atoms with E-state index in [1.165, 1.54) is 23.9 Å². The van der Waals surface area contributed by atoms with Crippen LogP contribution in [0.1, 0.15) is 17.9 Å². The monoisotopic (exact) mass is 395 g/mol. The first-order valence-electron chi connectivity index (χ1n) is 8.83. The number of hydrogen-bond donors (Lipinski definition) is 0. The smallest absolute Gasteiger partial charge is 0.229 e. The van der Waals surface area contributed by atoms with Crippen LogP contribution in [0.25, 0.3) is 0 Å². The molecule has 4 rings (SSSR count). The second-order valence-corrected chi connectivity index (χ2v) is 7.52. The molecule has 5 nitrogen and oxygen atoms in total. The lowest BCUT2D eigenvalue weighted by Crippen LogP contribution is -2.47. The highest BCUT2D eigenvalue weighted by Crippen LogP contribution is 2.45. The van der Waals surface area contributed by atoms with Gasteiger partial charge in [-0.1, -0.05) is 30.0 Å². The van der Waals surface area contributed by atoms with Crippen molar-refractivity contribution in [2.75, 3.05) is 24.6 Å². The van der Waals surface area contributed by atoms with Gasteiger partial charge in [-0.3, -0.25) is 9.69 Å². The van der Waals surface area contributed by atoms with E-state index in [4.69, 9.17) is 4.74 Å². The normalized spacial score (nSPS) is 19.3. The highest BCUT2D eigenvalue weighted by atomic mass is 32.2. The summed E-state index contributed by atoms with van der Waals surface area (Å²) in [5.41, 5.74) is 2.28. The molecule has 1 fully saturated rings. The number of benzene rings is 2. The molecule has 0 N–H and O–H groups in total. The van der Waals surface area contributed by atoms with Crippen molar-refractivity contribution >= 4 is 23.4 Å². The molecule has 1 saturated heterocycles. The van der Waals surface area contributed by atoms with Gasteiger partial charge in [0.1, 0.15) is 11.6 Å². The summed E-state index contributed by atoms with van der Waals surface area (Å²) in [7, 11) is 1.59. The minimum absolute atomic E-state index is 0.0378. The van der Waals surface area contributed by atoms with Crippen molar-refractivity contribution in [1.29, 1.82) is 5.26 Å². The molecule has 0 saturated carbocycles. The number of hydrogen-bond acceptors (Lipinski definition) is 5. The minimum atomic E-state index is -0.315. The zero-order valence-corrected chi connectivity index (χ0v) is 16.1. The van der Waals surface area contributed by atoms with Crippen molar-refractivity contribution < 1.29 is 13.9 Å². The van der Waals surface area contributed by atoms with Gasteiger partial charge in [0.05, 0.1) is 36.3 Å². The number of nitriles is 1. The standard InChI is InChI=1S/C21H18FN3O2S/c1-27-19-5-3-2-4-16(19)17-10-20(26)25-12-24(13-28-21(25)18(17)11-23)15-8-6-14(22)7-9-15/h2-9,17H,10,12-13H2,1H3/t17-/m0/s1. The topological polar surface area (TPSA) is 56.6 Å². The first-order chi connectivity index (χ1) is 13.6. The fourth-order valence-electron chi connectivity index (χ4n) is 3.60. The molecule has 2 aliphatic heterocycles. The third-order valence-electron chi connectivity index (χ3n) is 5.00. The number of thioether (sulfide) groups is 1. The lowest BCUT2D eigenvalue weighted by Gasteiger charge is -2.42. The van der Waals surface area contributed by atoms with E-state index < -0.39 is 0 Å². The molecule has 7 heteroatoms. The number of carbonyl (C=O) groups is 1. The van der Waals surface area contributed by atoms with Crippen LogP contribution < -0.4 is 9.64 Å². The Balaban J connectivity index is 1.68. The molecule has 2 aliphatic rings. The molecule has 1 atom stereocenters. The van der Waals surface area contributed by atoms with Crippen LogP contribution in [-0.4, -0.2) is 30.5 Å². The zero-order chi connectivity index (χ0) is 19.7. The number of para-hydroxylation sites is 1. The van der Waals surface area contributed by atoms with Crippen LogP contribution in [-0.2, 0) is 4.79 Å². The third kappa shape index (κ3) is 3.20. The molecule has 2 aromatic rings. The molecular formula is C21H18FN3O2S. The fraction of sp³-hybridized carbons (Fsp3) is 0.238. The summed E-state index contributed by atoms with van der Waals surface area (Å²) in [6.07, 6.45) is 0.213. The molecule has 0 spiro atoms. The Kier molecular flexibility index (Phi) is 4.97. The maximum Gasteiger partial charge on any atom is 0.229 e.